The van der Waals surface area contributed by atoms with Gasteiger partial charge in [0, 0.05) is 18.7 Å². The first-order chi connectivity index (χ1) is 20.6. The van der Waals surface area contributed by atoms with Gasteiger partial charge in [0.2, 0.25) is 0 Å². The zero-order chi connectivity index (χ0) is 30.2. The predicted octanol–water partition coefficient (Wildman–Crippen LogP) is 8.75. The first-order valence-electron chi connectivity index (χ1n) is 16.4. The fourth-order valence-electron chi connectivity index (χ4n) is 4.75. The number of ether oxygens (including phenoxy) is 6. The van der Waals surface area contributed by atoms with Gasteiger partial charge in [0.25, 0.3) is 0 Å². The Bertz CT molecular complexity index is 1040. The summed E-state index contributed by atoms with van der Waals surface area (Å²) in [4.78, 5) is 0. The topological polar surface area (TPSA) is 75.6 Å². The first kappa shape index (κ1) is 33.9. The minimum atomic E-state index is -0.943. The Labute approximate surface area is 253 Å². The van der Waals surface area contributed by atoms with Crippen molar-refractivity contribution in [2.45, 2.75) is 117 Å². The number of hydrogen-bond acceptors (Lipinski definition) is 7. The van der Waals surface area contributed by atoms with Crippen LogP contribution in [-0.4, -0.2) is 44.2 Å². The normalized spacial score (nSPS) is 17.8. The third-order valence-electron chi connectivity index (χ3n) is 7.37. The summed E-state index contributed by atoms with van der Waals surface area (Å²) in [5.41, 5.74) is 1.48. The highest BCUT2D eigenvalue weighted by Gasteiger charge is 2.42. The van der Waals surface area contributed by atoms with Crippen molar-refractivity contribution in [1.82, 2.24) is 0 Å². The molecule has 3 rings (SSSR count). The number of rotatable bonds is 21. The lowest BCUT2D eigenvalue weighted by Gasteiger charge is -2.38. The standard InChI is InChI=1S/C35H54O7/c1-6-11-18-37-27-24-30(40-21-14-9-4)32-31(25-27)42-34(35(33(32)36)41-22-15-10-5)26-16-17-28(38-19-12-7-2)29(23-26)39-20-13-8-3/h16-17,23-25,33-36H,6-15,18-22H2,1-5H3/t33-,34+,35-/m0/s1. The van der Waals surface area contributed by atoms with Crippen LogP contribution in [0.25, 0.3) is 0 Å². The number of benzene rings is 2. The van der Waals surface area contributed by atoms with Gasteiger partial charge in [0.1, 0.15) is 29.5 Å². The molecule has 0 amide bonds. The number of aliphatic hydroxyl groups is 1. The quantitative estimate of drug-likeness (QED) is 0.147. The summed E-state index contributed by atoms with van der Waals surface area (Å²) in [7, 11) is 0. The lowest BCUT2D eigenvalue weighted by atomic mass is 9.91. The van der Waals surface area contributed by atoms with E-state index >= 15 is 0 Å². The molecule has 0 radical (unpaired) electrons. The molecule has 0 saturated heterocycles. The molecule has 42 heavy (non-hydrogen) atoms. The van der Waals surface area contributed by atoms with E-state index < -0.39 is 18.3 Å². The Morgan fingerprint density at radius 2 is 1.17 bits per heavy atom. The van der Waals surface area contributed by atoms with Crippen LogP contribution < -0.4 is 23.7 Å². The van der Waals surface area contributed by atoms with Crippen LogP contribution in [0.2, 0.25) is 0 Å². The molecule has 0 saturated carbocycles. The lowest BCUT2D eigenvalue weighted by molar-refractivity contribution is -0.111. The molecule has 3 atom stereocenters. The van der Waals surface area contributed by atoms with Crippen LogP contribution in [0, 0.1) is 0 Å². The maximum Gasteiger partial charge on any atom is 0.161 e. The van der Waals surface area contributed by atoms with Gasteiger partial charge < -0.3 is 33.5 Å². The van der Waals surface area contributed by atoms with Crippen LogP contribution in [0.5, 0.6) is 28.7 Å². The molecule has 2 aromatic rings. The molecule has 1 aliphatic rings. The van der Waals surface area contributed by atoms with Crippen molar-refractivity contribution >= 4 is 0 Å². The highest BCUT2D eigenvalue weighted by Crippen LogP contribution is 2.49. The van der Waals surface area contributed by atoms with Crippen LogP contribution in [0.4, 0.5) is 0 Å². The third kappa shape index (κ3) is 9.70. The fourth-order valence-corrected chi connectivity index (χ4v) is 4.75. The molecule has 0 fully saturated rings. The van der Waals surface area contributed by atoms with E-state index in [0.717, 1.165) is 75.5 Å². The van der Waals surface area contributed by atoms with Gasteiger partial charge in [-0.1, -0.05) is 72.8 Å². The second kappa shape index (κ2) is 18.8. The average Bonchev–Trinajstić information content (AvgIpc) is 2.99. The Kier molecular flexibility index (Phi) is 15.2. The Morgan fingerprint density at radius 1 is 0.619 bits per heavy atom. The average molecular weight is 587 g/mol. The highest BCUT2D eigenvalue weighted by atomic mass is 16.6. The summed E-state index contributed by atoms with van der Waals surface area (Å²) in [5, 5.41) is 11.9. The molecule has 1 aliphatic heterocycles. The predicted molar refractivity (Wildman–Crippen MR) is 167 cm³/mol. The summed E-state index contributed by atoms with van der Waals surface area (Å²) in [6.45, 7) is 13.6. The Balaban J connectivity index is 2.02. The van der Waals surface area contributed by atoms with E-state index in [-0.39, 0.29) is 0 Å². The van der Waals surface area contributed by atoms with Crippen LogP contribution in [0.3, 0.4) is 0 Å². The highest BCUT2D eigenvalue weighted by molar-refractivity contribution is 5.54. The molecule has 2 aromatic carbocycles. The first-order valence-corrected chi connectivity index (χ1v) is 16.4. The van der Waals surface area contributed by atoms with Crippen molar-refractivity contribution in [3.05, 3.63) is 41.5 Å². The van der Waals surface area contributed by atoms with Gasteiger partial charge in [0.15, 0.2) is 17.6 Å². The second-order valence-corrected chi connectivity index (χ2v) is 11.0. The van der Waals surface area contributed by atoms with Gasteiger partial charge >= 0.3 is 0 Å². The summed E-state index contributed by atoms with van der Waals surface area (Å²) in [6, 6.07) is 9.67. The number of hydrogen-bond donors (Lipinski definition) is 1. The maximum atomic E-state index is 11.9. The zero-order valence-electron chi connectivity index (χ0n) is 26.6. The number of unbranched alkanes of at least 4 members (excludes halogenated alkanes) is 5. The smallest absolute Gasteiger partial charge is 0.161 e. The third-order valence-corrected chi connectivity index (χ3v) is 7.37. The second-order valence-electron chi connectivity index (χ2n) is 11.0. The Hall–Kier alpha value is -2.64. The van der Waals surface area contributed by atoms with Crippen molar-refractivity contribution in [2.75, 3.05) is 33.0 Å². The Morgan fingerprint density at radius 3 is 1.79 bits per heavy atom. The van der Waals surface area contributed by atoms with E-state index in [0.29, 0.717) is 61.6 Å². The van der Waals surface area contributed by atoms with Gasteiger partial charge in [-0.25, -0.2) is 0 Å². The van der Waals surface area contributed by atoms with Crippen LogP contribution in [0.15, 0.2) is 30.3 Å². The van der Waals surface area contributed by atoms with Crippen LogP contribution in [0.1, 0.15) is 122 Å². The largest absolute Gasteiger partial charge is 0.493 e. The van der Waals surface area contributed by atoms with E-state index in [9.17, 15) is 5.11 Å². The van der Waals surface area contributed by atoms with Gasteiger partial charge in [-0.05, 0) is 49.8 Å². The molecule has 7 heteroatoms. The maximum absolute atomic E-state index is 11.9. The molecule has 0 spiro atoms. The van der Waals surface area contributed by atoms with Crippen LogP contribution in [-0.2, 0) is 4.74 Å². The number of fused-ring (bicyclic) bond motifs is 1. The van der Waals surface area contributed by atoms with Crippen molar-refractivity contribution in [1.29, 1.82) is 0 Å². The molecule has 0 unspecified atom stereocenters. The molecule has 1 heterocycles. The van der Waals surface area contributed by atoms with E-state index in [2.05, 4.69) is 34.6 Å². The SMILES string of the molecule is CCCCOc1cc(OCCCC)c2c(c1)O[C@H](c1ccc(OCCCC)c(OCCCC)c1)[C@@H](OCCCC)[C@H]2O. The van der Waals surface area contributed by atoms with Gasteiger partial charge in [-0.2, -0.15) is 0 Å². The van der Waals surface area contributed by atoms with E-state index in [1.54, 1.807) is 0 Å². The van der Waals surface area contributed by atoms with Crippen molar-refractivity contribution in [3.63, 3.8) is 0 Å². The van der Waals surface area contributed by atoms with Crippen molar-refractivity contribution in [2.24, 2.45) is 0 Å². The van der Waals surface area contributed by atoms with Crippen molar-refractivity contribution in [3.8, 4) is 28.7 Å². The van der Waals surface area contributed by atoms with Gasteiger partial charge in [-0.15, -0.1) is 0 Å². The van der Waals surface area contributed by atoms with E-state index in [1.165, 1.54) is 0 Å². The molecule has 0 aromatic heterocycles. The molecule has 1 N–H and O–H groups in total. The van der Waals surface area contributed by atoms with E-state index in [1.807, 2.05) is 30.3 Å². The number of aliphatic hydroxyl groups excluding tert-OH is 1. The molecule has 0 bridgehead atoms. The molecular formula is C35H54O7. The van der Waals surface area contributed by atoms with E-state index in [4.69, 9.17) is 28.4 Å². The molecular weight excluding hydrogens is 532 g/mol. The minimum Gasteiger partial charge on any atom is -0.493 e. The van der Waals surface area contributed by atoms with Gasteiger partial charge in [0.05, 0.1) is 32.0 Å². The summed E-state index contributed by atoms with van der Waals surface area (Å²) in [5.74, 6) is 3.23. The van der Waals surface area contributed by atoms with Crippen LogP contribution >= 0.6 is 0 Å². The molecule has 236 valence electrons. The monoisotopic (exact) mass is 586 g/mol. The minimum absolute atomic E-state index is 0.524. The summed E-state index contributed by atoms with van der Waals surface area (Å²) in [6.07, 6.45) is 7.71. The van der Waals surface area contributed by atoms with Crippen molar-refractivity contribution < 1.29 is 33.5 Å². The summed E-state index contributed by atoms with van der Waals surface area (Å²) >= 11 is 0. The molecule has 0 aliphatic carbocycles. The summed E-state index contributed by atoms with van der Waals surface area (Å²) < 4.78 is 37.6. The fraction of sp³-hybridized carbons (Fsp3) is 0.657. The lowest BCUT2D eigenvalue weighted by Crippen LogP contribution is -2.37. The zero-order valence-corrected chi connectivity index (χ0v) is 26.6. The molecule has 7 nitrogen and oxygen atoms in total. The van der Waals surface area contributed by atoms with Gasteiger partial charge in [-0.3, -0.25) is 0 Å².